The molecular formula is C63H47NO2. The predicted molar refractivity (Wildman–Crippen MR) is 274 cm³/mol. The minimum Gasteiger partial charge on any atom is -0.456 e. The molecule has 66 heavy (non-hydrogen) atoms. The van der Waals surface area contributed by atoms with Crippen LogP contribution in [0.15, 0.2) is 185 Å². The number of rotatable bonds is 4. The van der Waals surface area contributed by atoms with Gasteiger partial charge in [-0.2, -0.15) is 0 Å². The molecule has 0 spiro atoms. The van der Waals surface area contributed by atoms with E-state index in [9.17, 15) is 0 Å². The van der Waals surface area contributed by atoms with E-state index in [2.05, 4.69) is 216 Å². The van der Waals surface area contributed by atoms with Crippen LogP contribution in [-0.4, -0.2) is 0 Å². The first kappa shape index (κ1) is 37.7. The third-order valence-corrected chi connectivity index (χ3v) is 15.9. The molecule has 14 rings (SSSR count). The van der Waals surface area contributed by atoms with Crippen molar-refractivity contribution in [1.29, 1.82) is 0 Å². The minimum atomic E-state index is -0.186. The van der Waals surface area contributed by atoms with Gasteiger partial charge in [0, 0.05) is 49.2 Å². The van der Waals surface area contributed by atoms with Crippen molar-refractivity contribution in [2.24, 2.45) is 0 Å². The Kier molecular flexibility index (Phi) is 7.32. The van der Waals surface area contributed by atoms with Gasteiger partial charge in [0.15, 0.2) is 5.58 Å². The van der Waals surface area contributed by atoms with Gasteiger partial charge in [0.1, 0.15) is 16.7 Å². The Hall–Kier alpha value is -7.62. The lowest BCUT2D eigenvalue weighted by molar-refractivity contribution is 0.659. The molecule has 3 aliphatic carbocycles. The molecule has 11 aromatic rings. The fraction of sp³-hybridized carbons (Fsp3) is 0.143. The Morgan fingerprint density at radius 2 is 0.788 bits per heavy atom. The van der Waals surface area contributed by atoms with Crippen LogP contribution in [0, 0.1) is 0 Å². The quantitative estimate of drug-likeness (QED) is 0.177. The van der Waals surface area contributed by atoms with Crippen molar-refractivity contribution in [3.05, 3.63) is 209 Å². The Labute approximate surface area is 384 Å². The van der Waals surface area contributed by atoms with Gasteiger partial charge in [0.2, 0.25) is 0 Å². The first-order chi connectivity index (χ1) is 32.0. The van der Waals surface area contributed by atoms with Crippen molar-refractivity contribution in [1.82, 2.24) is 0 Å². The molecule has 0 bridgehead atoms. The molecule has 0 saturated heterocycles. The van der Waals surface area contributed by atoms with Gasteiger partial charge in [-0.25, -0.2) is 0 Å². The van der Waals surface area contributed by atoms with E-state index in [4.69, 9.17) is 8.83 Å². The monoisotopic (exact) mass is 849 g/mol. The Balaban J connectivity index is 1.08. The molecule has 2 aromatic heterocycles. The van der Waals surface area contributed by atoms with Crippen LogP contribution in [0.5, 0.6) is 0 Å². The first-order valence-corrected chi connectivity index (χ1v) is 23.3. The molecule has 0 fully saturated rings. The van der Waals surface area contributed by atoms with E-state index in [0.717, 1.165) is 66.5 Å². The number of hydrogen-bond donors (Lipinski definition) is 0. The maximum absolute atomic E-state index is 7.26. The number of nitrogens with zero attached hydrogens (tertiary/aromatic N) is 1. The molecule has 0 N–H and O–H groups in total. The molecule has 9 aromatic carbocycles. The van der Waals surface area contributed by atoms with E-state index < -0.39 is 0 Å². The fourth-order valence-electron chi connectivity index (χ4n) is 12.5. The Morgan fingerprint density at radius 1 is 0.333 bits per heavy atom. The maximum Gasteiger partial charge on any atom is 0.159 e. The molecule has 0 unspecified atom stereocenters. The standard InChI is InChI=1S/C63H47NO2/c1-61(2)48-19-11-7-15-40(48)43-26-23-36(32-51(43)61)37-31-47-59-57(30-29-56-58(59)46-18-10-14-22-55(46)65-56)66-60(47)54(33-37)64(38-24-27-44-41-16-8-12-20-49(41)62(3,4)52(44)34-38)39-25-28-45-42-17-9-13-21-50(42)63(5,6)53(45)35-39/h7-35H,1-6H3. The van der Waals surface area contributed by atoms with Gasteiger partial charge in [-0.3, -0.25) is 0 Å². The van der Waals surface area contributed by atoms with Crippen LogP contribution in [0.1, 0.15) is 74.9 Å². The summed E-state index contributed by atoms with van der Waals surface area (Å²) >= 11 is 0. The van der Waals surface area contributed by atoms with Crippen molar-refractivity contribution in [3.8, 4) is 44.5 Å². The lowest BCUT2D eigenvalue weighted by Gasteiger charge is -2.30. The summed E-state index contributed by atoms with van der Waals surface area (Å²) in [5.41, 5.74) is 24.3. The van der Waals surface area contributed by atoms with Gasteiger partial charge in [-0.15, -0.1) is 0 Å². The molecule has 316 valence electrons. The van der Waals surface area contributed by atoms with Gasteiger partial charge in [0.05, 0.1) is 5.69 Å². The Morgan fingerprint density at radius 3 is 1.36 bits per heavy atom. The number of benzene rings is 9. The van der Waals surface area contributed by atoms with Crippen LogP contribution in [0.25, 0.3) is 88.4 Å². The van der Waals surface area contributed by atoms with E-state index in [1.807, 2.05) is 6.07 Å². The van der Waals surface area contributed by atoms with Crippen molar-refractivity contribution in [2.75, 3.05) is 4.90 Å². The summed E-state index contributed by atoms with van der Waals surface area (Å²) in [6.45, 7) is 14.2. The van der Waals surface area contributed by atoms with Crippen molar-refractivity contribution >= 4 is 60.9 Å². The third kappa shape index (κ3) is 4.87. The van der Waals surface area contributed by atoms with Crippen LogP contribution in [0.2, 0.25) is 0 Å². The third-order valence-electron chi connectivity index (χ3n) is 15.9. The number of hydrogen-bond acceptors (Lipinski definition) is 3. The number of fused-ring (bicyclic) bond motifs is 16. The van der Waals surface area contributed by atoms with Gasteiger partial charge in [-0.1, -0.05) is 157 Å². The number of furan rings is 2. The van der Waals surface area contributed by atoms with Crippen LogP contribution < -0.4 is 4.90 Å². The van der Waals surface area contributed by atoms with E-state index in [1.54, 1.807) is 0 Å². The van der Waals surface area contributed by atoms with Gasteiger partial charge in [-0.05, 0) is 139 Å². The highest BCUT2D eigenvalue weighted by atomic mass is 16.3. The highest BCUT2D eigenvalue weighted by Crippen LogP contribution is 2.56. The summed E-state index contributed by atoms with van der Waals surface area (Å²) in [4.78, 5) is 2.48. The van der Waals surface area contributed by atoms with E-state index in [1.165, 1.54) is 72.3 Å². The average Bonchev–Trinajstić information content (AvgIpc) is 4.08. The molecule has 0 radical (unpaired) electrons. The molecule has 0 aliphatic heterocycles. The fourth-order valence-corrected chi connectivity index (χ4v) is 12.5. The van der Waals surface area contributed by atoms with E-state index in [-0.39, 0.29) is 16.2 Å². The molecule has 3 aliphatic rings. The van der Waals surface area contributed by atoms with Crippen LogP contribution >= 0.6 is 0 Å². The normalized spacial score (nSPS) is 15.5. The highest BCUT2D eigenvalue weighted by Gasteiger charge is 2.39. The summed E-state index contributed by atoms with van der Waals surface area (Å²) < 4.78 is 13.8. The second-order valence-corrected chi connectivity index (χ2v) is 20.5. The molecule has 0 atom stereocenters. The van der Waals surface area contributed by atoms with E-state index >= 15 is 0 Å². The highest BCUT2D eigenvalue weighted by molar-refractivity contribution is 6.27. The van der Waals surface area contributed by atoms with Crippen molar-refractivity contribution in [3.63, 3.8) is 0 Å². The summed E-state index contributed by atoms with van der Waals surface area (Å²) in [5, 5.41) is 4.30. The SMILES string of the molecule is CC1(C)c2ccccc2-c2ccc(-c3cc(N(c4ccc5c(c4)C(C)(C)c4ccccc4-5)c4ccc5c(c4)C(C)(C)c4ccccc4-5)c4oc5ccc6oc7ccccc7c6c5c4c3)cc21. The van der Waals surface area contributed by atoms with Crippen LogP contribution in [0.3, 0.4) is 0 Å². The number of anilines is 3. The van der Waals surface area contributed by atoms with Crippen molar-refractivity contribution in [2.45, 2.75) is 57.8 Å². The molecule has 0 amide bonds. The summed E-state index contributed by atoms with van der Waals surface area (Å²) in [7, 11) is 0. The lowest BCUT2D eigenvalue weighted by atomic mass is 9.81. The molecular weight excluding hydrogens is 803 g/mol. The second-order valence-electron chi connectivity index (χ2n) is 20.5. The summed E-state index contributed by atoms with van der Waals surface area (Å²) in [5.74, 6) is 0. The predicted octanol–water partition coefficient (Wildman–Crippen LogP) is 17.5. The average molecular weight is 850 g/mol. The largest absolute Gasteiger partial charge is 0.456 e. The molecule has 3 heteroatoms. The first-order valence-electron chi connectivity index (χ1n) is 23.3. The summed E-state index contributed by atoms with van der Waals surface area (Å²) in [6, 6.07) is 65.3. The molecule has 0 saturated carbocycles. The smallest absolute Gasteiger partial charge is 0.159 e. The van der Waals surface area contributed by atoms with Crippen LogP contribution in [-0.2, 0) is 16.2 Å². The van der Waals surface area contributed by atoms with E-state index in [0.29, 0.717) is 0 Å². The maximum atomic E-state index is 7.26. The van der Waals surface area contributed by atoms with Crippen LogP contribution in [0.4, 0.5) is 17.1 Å². The number of para-hydroxylation sites is 1. The molecule has 2 heterocycles. The topological polar surface area (TPSA) is 29.5 Å². The molecule has 3 nitrogen and oxygen atoms in total. The summed E-state index contributed by atoms with van der Waals surface area (Å²) in [6.07, 6.45) is 0. The zero-order chi connectivity index (χ0) is 44.4. The zero-order valence-corrected chi connectivity index (χ0v) is 38.0. The second kappa shape index (κ2) is 12.8. The lowest BCUT2D eigenvalue weighted by Crippen LogP contribution is -2.18. The Bertz CT molecular complexity index is 3820. The van der Waals surface area contributed by atoms with Gasteiger partial charge in [0.25, 0.3) is 0 Å². The van der Waals surface area contributed by atoms with Gasteiger partial charge < -0.3 is 13.7 Å². The van der Waals surface area contributed by atoms with Crippen molar-refractivity contribution < 1.29 is 8.83 Å². The zero-order valence-electron chi connectivity index (χ0n) is 38.0. The van der Waals surface area contributed by atoms with Gasteiger partial charge >= 0.3 is 0 Å². The minimum absolute atomic E-state index is 0.144.